The average Bonchev–Trinajstić information content (AvgIpc) is 2.90. The first-order valence-corrected chi connectivity index (χ1v) is 9.46. The molecule has 2 aliphatic heterocycles. The molecule has 1 saturated heterocycles. The number of nitrogens with zero attached hydrogens (tertiary/aromatic N) is 2. The van der Waals surface area contributed by atoms with Gasteiger partial charge in [0.1, 0.15) is 18.5 Å². The summed E-state index contributed by atoms with van der Waals surface area (Å²) in [5.74, 6) is -1.23. The summed E-state index contributed by atoms with van der Waals surface area (Å²) >= 11 is 0. The Morgan fingerprint density at radius 1 is 1.38 bits per heavy atom. The van der Waals surface area contributed by atoms with Crippen LogP contribution in [-0.2, 0) is 14.3 Å². The molecular formula is C20H24FN3O5. The summed E-state index contributed by atoms with van der Waals surface area (Å²) < 4.78 is 20.0. The highest BCUT2D eigenvalue weighted by molar-refractivity contribution is 5.89. The van der Waals surface area contributed by atoms with Crippen LogP contribution in [0.1, 0.15) is 24.8 Å². The number of hydrogen-bond donors (Lipinski definition) is 2. The number of aliphatic hydroxyl groups is 1. The normalized spacial score (nSPS) is 21.7. The second kappa shape index (κ2) is 9.04. The summed E-state index contributed by atoms with van der Waals surface area (Å²) in [7, 11) is 0. The molecule has 3 amide bonds. The maximum absolute atomic E-state index is 14.8. The van der Waals surface area contributed by atoms with Gasteiger partial charge in [-0.1, -0.05) is 18.2 Å². The number of carbonyl (C=O) groups is 3. The molecule has 9 heteroatoms. The van der Waals surface area contributed by atoms with E-state index >= 15 is 0 Å². The minimum absolute atomic E-state index is 0.202. The molecule has 1 aromatic rings. The number of anilines is 1. The lowest BCUT2D eigenvalue weighted by atomic mass is 9.94. The van der Waals surface area contributed by atoms with Gasteiger partial charge in [0.15, 0.2) is 0 Å². The number of aliphatic hydroxyl groups excluding tert-OH is 1. The van der Waals surface area contributed by atoms with Crippen molar-refractivity contribution in [3.63, 3.8) is 0 Å². The van der Waals surface area contributed by atoms with Gasteiger partial charge < -0.3 is 20.1 Å². The molecule has 1 aromatic carbocycles. The molecule has 0 saturated carbocycles. The molecule has 2 heterocycles. The fourth-order valence-corrected chi connectivity index (χ4v) is 3.50. The van der Waals surface area contributed by atoms with E-state index in [1.807, 2.05) is 6.08 Å². The maximum atomic E-state index is 14.8. The van der Waals surface area contributed by atoms with Crippen molar-refractivity contribution in [3.05, 3.63) is 41.7 Å². The third-order valence-corrected chi connectivity index (χ3v) is 5.04. The van der Waals surface area contributed by atoms with Crippen molar-refractivity contribution in [2.75, 3.05) is 37.7 Å². The van der Waals surface area contributed by atoms with Crippen LogP contribution in [0.25, 0.3) is 0 Å². The highest BCUT2D eigenvalue weighted by atomic mass is 19.1. The Morgan fingerprint density at radius 2 is 2.17 bits per heavy atom. The van der Waals surface area contributed by atoms with E-state index in [9.17, 15) is 18.8 Å². The van der Waals surface area contributed by atoms with Crippen LogP contribution in [0.3, 0.4) is 0 Å². The third-order valence-electron chi connectivity index (χ3n) is 5.04. The van der Waals surface area contributed by atoms with Crippen LogP contribution in [0.15, 0.2) is 30.4 Å². The molecule has 2 N–H and O–H groups in total. The zero-order chi connectivity index (χ0) is 21.0. The second-order valence-electron chi connectivity index (χ2n) is 7.08. The highest BCUT2D eigenvalue weighted by Crippen LogP contribution is 2.30. The van der Waals surface area contributed by atoms with Crippen molar-refractivity contribution in [1.82, 2.24) is 10.2 Å². The Morgan fingerprint density at radius 3 is 2.86 bits per heavy atom. The van der Waals surface area contributed by atoms with Gasteiger partial charge in [0, 0.05) is 25.9 Å². The number of benzene rings is 1. The molecule has 2 aliphatic rings. The Bertz CT molecular complexity index is 828. The van der Waals surface area contributed by atoms with E-state index in [2.05, 4.69) is 5.32 Å². The van der Waals surface area contributed by atoms with E-state index in [0.29, 0.717) is 30.8 Å². The Kier molecular flexibility index (Phi) is 6.48. The molecule has 2 atom stereocenters. The van der Waals surface area contributed by atoms with Crippen LogP contribution in [0, 0.1) is 5.82 Å². The highest BCUT2D eigenvalue weighted by Gasteiger charge is 2.33. The lowest BCUT2D eigenvalue weighted by Gasteiger charge is -2.20. The van der Waals surface area contributed by atoms with E-state index in [0.717, 1.165) is 0 Å². The average molecular weight is 405 g/mol. The fourth-order valence-electron chi connectivity index (χ4n) is 3.50. The van der Waals surface area contributed by atoms with Gasteiger partial charge in [-0.2, -0.15) is 0 Å². The molecule has 3 rings (SSSR count). The molecule has 1 unspecified atom stereocenters. The van der Waals surface area contributed by atoms with Gasteiger partial charge in [0.2, 0.25) is 11.8 Å². The first-order chi connectivity index (χ1) is 13.9. The van der Waals surface area contributed by atoms with Crippen LogP contribution in [-0.4, -0.2) is 66.8 Å². The summed E-state index contributed by atoms with van der Waals surface area (Å²) in [6.07, 6.45) is 3.11. The third kappa shape index (κ3) is 4.92. The van der Waals surface area contributed by atoms with E-state index in [1.165, 1.54) is 22.8 Å². The molecule has 29 heavy (non-hydrogen) atoms. The van der Waals surface area contributed by atoms with Crippen molar-refractivity contribution in [1.29, 1.82) is 0 Å². The molecule has 0 spiro atoms. The van der Waals surface area contributed by atoms with Gasteiger partial charge in [-0.25, -0.2) is 9.18 Å². The quantitative estimate of drug-likeness (QED) is 0.716. The van der Waals surface area contributed by atoms with Gasteiger partial charge in [0.25, 0.3) is 0 Å². The smallest absolute Gasteiger partial charge is 0.414 e. The summed E-state index contributed by atoms with van der Waals surface area (Å²) in [6, 6.07) is 4.60. The number of hydrogen-bond acceptors (Lipinski definition) is 5. The zero-order valence-corrected chi connectivity index (χ0v) is 16.1. The molecule has 0 bridgehead atoms. The number of allylic oxidation sites excluding steroid dienone is 1. The van der Waals surface area contributed by atoms with E-state index < -0.39 is 24.6 Å². The molecule has 0 radical (unpaired) electrons. The van der Waals surface area contributed by atoms with E-state index in [1.54, 1.807) is 18.2 Å². The molecular weight excluding hydrogens is 381 g/mol. The van der Waals surface area contributed by atoms with Crippen LogP contribution in [0.5, 0.6) is 0 Å². The number of nitrogens with one attached hydrogen (secondary N) is 1. The first kappa shape index (κ1) is 20.8. The lowest BCUT2D eigenvalue weighted by Crippen LogP contribution is -2.33. The topological polar surface area (TPSA) is 99.2 Å². The molecule has 0 aliphatic carbocycles. The number of cyclic esters (lactones) is 1. The summed E-state index contributed by atoms with van der Waals surface area (Å²) in [5.41, 5.74) is 0.863. The standard InChI is InChI=1S/C20H24FN3O5/c1-13(26)22-10-16-11-24(20(28)29-16)15-4-5-17(18(21)9-15)14-3-2-7-23(8-6-14)19(27)12-25/h2-5,9,14,16,25H,6-8,10-12H2,1H3,(H,22,26)/t14?,16-/m0/s1. The predicted octanol–water partition coefficient (Wildman–Crippen LogP) is 1.15. The number of rotatable bonds is 5. The maximum Gasteiger partial charge on any atom is 0.414 e. The van der Waals surface area contributed by atoms with Crippen LogP contribution < -0.4 is 10.2 Å². The van der Waals surface area contributed by atoms with Crippen LogP contribution in [0.2, 0.25) is 0 Å². The second-order valence-corrected chi connectivity index (χ2v) is 7.08. The SMILES string of the molecule is CC(=O)NC[C@H]1CN(c2ccc(C3C=CCN(C(=O)CO)CC3)c(F)c2)C(=O)O1. The Hall–Kier alpha value is -2.94. The number of carbonyl (C=O) groups excluding carboxylic acids is 3. The zero-order valence-electron chi connectivity index (χ0n) is 16.1. The minimum Gasteiger partial charge on any atom is -0.442 e. The minimum atomic E-state index is -0.583. The van der Waals surface area contributed by atoms with Gasteiger partial charge in [0.05, 0.1) is 18.8 Å². The van der Waals surface area contributed by atoms with Crippen molar-refractivity contribution >= 4 is 23.6 Å². The van der Waals surface area contributed by atoms with Crippen molar-refractivity contribution in [2.24, 2.45) is 0 Å². The van der Waals surface area contributed by atoms with Gasteiger partial charge in [-0.05, 0) is 24.1 Å². The Labute approximate surface area is 167 Å². The lowest BCUT2D eigenvalue weighted by molar-refractivity contribution is -0.133. The molecule has 1 fully saturated rings. The molecule has 8 nitrogen and oxygen atoms in total. The van der Waals surface area contributed by atoms with Gasteiger partial charge in [-0.15, -0.1) is 0 Å². The molecule has 156 valence electrons. The van der Waals surface area contributed by atoms with E-state index in [4.69, 9.17) is 9.84 Å². The largest absolute Gasteiger partial charge is 0.442 e. The van der Waals surface area contributed by atoms with Gasteiger partial charge >= 0.3 is 6.09 Å². The Balaban J connectivity index is 1.68. The monoisotopic (exact) mass is 405 g/mol. The van der Waals surface area contributed by atoms with Crippen LogP contribution in [0.4, 0.5) is 14.9 Å². The van der Waals surface area contributed by atoms with Crippen molar-refractivity contribution in [2.45, 2.75) is 25.4 Å². The number of amides is 3. The number of ether oxygens (including phenoxy) is 1. The number of halogens is 1. The van der Waals surface area contributed by atoms with Gasteiger partial charge in [-0.3, -0.25) is 14.5 Å². The summed E-state index contributed by atoms with van der Waals surface area (Å²) in [6.45, 7) is 2.06. The van der Waals surface area contributed by atoms with E-state index in [-0.39, 0.29) is 30.8 Å². The van der Waals surface area contributed by atoms with Crippen molar-refractivity contribution in [3.8, 4) is 0 Å². The predicted molar refractivity (Wildman–Crippen MR) is 103 cm³/mol. The fraction of sp³-hybridized carbons (Fsp3) is 0.450. The van der Waals surface area contributed by atoms with Crippen molar-refractivity contribution < 1.29 is 28.6 Å². The molecule has 0 aromatic heterocycles. The van der Waals surface area contributed by atoms with Crippen LogP contribution >= 0.6 is 0 Å². The first-order valence-electron chi connectivity index (χ1n) is 9.46. The summed E-state index contributed by atoms with van der Waals surface area (Å²) in [5, 5.41) is 11.6. The summed E-state index contributed by atoms with van der Waals surface area (Å²) in [4.78, 5) is 37.6.